The van der Waals surface area contributed by atoms with Crippen molar-refractivity contribution in [1.29, 1.82) is 0 Å². The van der Waals surface area contributed by atoms with Gasteiger partial charge < -0.3 is 10.2 Å². The lowest BCUT2D eigenvalue weighted by Crippen LogP contribution is -2.24. The first-order chi connectivity index (χ1) is 12.1. The van der Waals surface area contributed by atoms with Crippen LogP contribution < -0.4 is 10.2 Å². The largest absolute Gasteiger partial charge is 0.374 e. The van der Waals surface area contributed by atoms with Gasteiger partial charge >= 0.3 is 0 Å². The minimum absolute atomic E-state index is 0.933. The second-order valence-corrected chi connectivity index (χ2v) is 7.70. The molecule has 4 heteroatoms. The van der Waals surface area contributed by atoms with Crippen LogP contribution in [-0.2, 0) is 6.42 Å². The lowest BCUT2D eigenvalue weighted by atomic mass is 10.0. The van der Waals surface area contributed by atoms with E-state index in [0.717, 1.165) is 37.3 Å². The Kier molecular flexibility index (Phi) is 4.22. The lowest BCUT2D eigenvalue weighted by Gasteiger charge is -2.19. The van der Waals surface area contributed by atoms with Crippen LogP contribution in [0.1, 0.15) is 28.8 Å². The zero-order valence-electron chi connectivity index (χ0n) is 14.8. The molecule has 0 saturated heterocycles. The van der Waals surface area contributed by atoms with E-state index in [9.17, 15) is 0 Å². The smallest absolute Gasteiger partial charge is 0.147 e. The molecule has 3 nitrogen and oxygen atoms in total. The minimum atomic E-state index is 0.933. The number of nitrogens with zero attached hydrogens (tertiary/aromatic N) is 2. The first-order valence-corrected chi connectivity index (χ1v) is 9.57. The molecule has 1 N–H and O–H groups in total. The molecule has 0 saturated carbocycles. The summed E-state index contributed by atoms with van der Waals surface area (Å²) in [5, 5.41) is 3.44. The van der Waals surface area contributed by atoms with Crippen molar-refractivity contribution in [2.45, 2.75) is 26.2 Å². The summed E-state index contributed by atoms with van der Waals surface area (Å²) in [5.74, 6) is 0.933. The summed E-state index contributed by atoms with van der Waals surface area (Å²) in [6.07, 6.45) is 7.04. The zero-order chi connectivity index (χ0) is 17.4. The standard InChI is InChI=1S/C21H23N3S/c1-14-8-6-7-12-22-21(23-14)19-15(2)16-11-13-24(3)18-10-5-4-9-17(18)20(16)25-19/h4-5,7,9-10,12H,1,6,8,11,13H2,2-3H3,(H,22,23)/b12-7-. The van der Waals surface area contributed by atoms with Crippen LogP contribution in [0, 0.1) is 6.92 Å². The van der Waals surface area contributed by atoms with E-state index >= 15 is 0 Å². The Labute approximate surface area is 153 Å². The third kappa shape index (κ3) is 2.91. The molecule has 25 heavy (non-hydrogen) atoms. The average Bonchev–Trinajstić information content (AvgIpc) is 2.84. The molecule has 0 fully saturated rings. The molecule has 1 aromatic carbocycles. The van der Waals surface area contributed by atoms with Crippen molar-refractivity contribution in [2.75, 3.05) is 18.5 Å². The maximum Gasteiger partial charge on any atom is 0.147 e. The van der Waals surface area contributed by atoms with Gasteiger partial charge in [0.2, 0.25) is 0 Å². The molecule has 4 rings (SSSR count). The first kappa shape index (κ1) is 16.2. The van der Waals surface area contributed by atoms with Gasteiger partial charge in [-0.2, -0.15) is 0 Å². The number of anilines is 1. The summed E-state index contributed by atoms with van der Waals surface area (Å²) in [6.45, 7) is 7.40. The number of hydrogen-bond acceptors (Lipinski definition) is 4. The molecule has 0 amide bonds. The second kappa shape index (κ2) is 6.52. The second-order valence-electron chi connectivity index (χ2n) is 6.68. The van der Waals surface area contributed by atoms with Gasteiger partial charge in [0.15, 0.2) is 0 Å². The number of benzene rings is 1. The van der Waals surface area contributed by atoms with Crippen molar-refractivity contribution in [3.05, 3.63) is 64.8 Å². The Balaban J connectivity index is 1.86. The Morgan fingerprint density at radius 3 is 2.92 bits per heavy atom. The molecule has 0 atom stereocenters. The van der Waals surface area contributed by atoms with Gasteiger partial charge in [0, 0.05) is 41.6 Å². The molecule has 0 unspecified atom stereocenters. The molecule has 3 heterocycles. The summed E-state index contributed by atoms with van der Waals surface area (Å²) in [5.41, 5.74) is 6.48. The number of allylic oxidation sites excluding steroid dienone is 2. The van der Waals surface area contributed by atoms with Crippen molar-refractivity contribution in [1.82, 2.24) is 5.32 Å². The highest BCUT2D eigenvalue weighted by Gasteiger charge is 2.25. The lowest BCUT2D eigenvalue weighted by molar-refractivity contribution is 0.885. The number of fused-ring (bicyclic) bond motifs is 3. The van der Waals surface area contributed by atoms with Crippen LogP contribution in [0.5, 0.6) is 0 Å². The summed E-state index contributed by atoms with van der Waals surface area (Å²) < 4.78 is 0. The predicted octanol–water partition coefficient (Wildman–Crippen LogP) is 4.87. The fourth-order valence-electron chi connectivity index (χ4n) is 3.53. The SMILES string of the molecule is C=C1CC/C=C\N=C(c2sc3c(c2C)CCN(C)c2ccccc2-3)N1. The number of para-hydroxylation sites is 1. The summed E-state index contributed by atoms with van der Waals surface area (Å²) in [4.78, 5) is 9.64. The fraction of sp³-hybridized carbons (Fsp3) is 0.286. The van der Waals surface area contributed by atoms with Crippen LogP contribution in [-0.4, -0.2) is 19.4 Å². The highest BCUT2D eigenvalue weighted by Crippen LogP contribution is 2.43. The fourth-order valence-corrected chi connectivity index (χ4v) is 4.87. The molecule has 2 aliphatic rings. The first-order valence-electron chi connectivity index (χ1n) is 8.76. The van der Waals surface area contributed by atoms with E-state index < -0.39 is 0 Å². The molecular weight excluding hydrogens is 326 g/mol. The predicted molar refractivity (Wildman–Crippen MR) is 109 cm³/mol. The van der Waals surface area contributed by atoms with Crippen molar-refractivity contribution in [2.24, 2.45) is 4.99 Å². The molecular formula is C21H23N3S. The van der Waals surface area contributed by atoms with Crippen LogP contribution in [0.2, 0.25) is 0 Å². The summed E-state index contributed by atoms with van der Waals surface area (Å²) in [6, 6.07) is 8.71. The molecule has 0 aliphatic carbocycles. The van der Waals surface area contributed by atoms with E-state index in [4.69, 9.17) is 0 Å². The van der Waals surface area contributed by atoms with Crippen molar-refractivity contribution >= 4 is 22.9 Å². The average molecular weight is 350 g/mol. The topological polar surface area (TPSA) is 27.6 Å². The maximum atomic E-state index is 4.67. The summed E-state index contributed by atoms with van der Waals surface area (Å²) >= 11 is 1.85. The molecule has 1 aromatic heterocycles. The molecule has 0 spiro atoms. The molecule has 0 radical (unpaired) electrons. The van der Waals surface area contributed by atoms with Gasteiger partial charge in [0.25, 0.3) is 0 Å². The van der Waals surface area contributed by atoms with Crippen molar-refractivity contribution < 1.29 is 0 Å². The van der Waals surface area contributed by atoms with Crippen LogP contribution in [0.15, 0.2) is 53.8 Å². The van der Waals surface area contributed by atoms with Gasteiger partial charge in [-0.05, 0) is 43.4 Å². The van der Waals surface area contributed by atoms with Gasteiger partial charge in [-0.15, -0.1) is 11.3 Å². The van der Waals surface area contributed by atoms with Gasteiger partial charge in [-0.25, -0.2) is 4.99 Å². The van der Waals surface area contributed by atoms with Gasteiger partial charge in [-0.3, -0.25) is 0 Å². The van der Waals surface area contributed by atoms with E-state index in [1.807, 2.05) is 17.5 Å². The minimum Gasteiger partial charge on any atom is -0.374 e. The molecule has 2 aromatic rings. The molecule has 0 bridgehead atoms. The Hall–Kier alpha value is -2.33. The molecule has 128 valence electrons. The third-order valence-corrected chi connectivity index (χ3v) is 6.33. The Bertz CT molecular complexity index is 889. The third-order valence-electron chi connectivity index (χ3n) is 4.96. The number of aliphatic imine (C=N–C) groups is 1. The van der Waals surface area contributed by atoms with Crippen molar-refractivity contribution in [3.63, 3.8) is 0 Å². The number of nitrogens with one attached hydrogen (secondary N) is 1. The number of thiophene rings is 1. The quantitative estimate of drug-likeness (QED) is 0.795. The zero-order valence-corrected chi connectivity index (χ0v) is 15.6. The van der Waals surface area contributed by atoms with E-state index in [0.29, 0.717) is 0 Å². The van der Waals surface area contributed by atoms with Gasteiger partial charge in [0.05, 0.1) is 4.88 Å². The Morgan fingerprint density at radius 2 is 2.04 bits per heavy atom. The monoisotopic (exact) mass is 349 g/mol. The van der Waals surface area contributed by atoms with E-state index in [1.54, 1.807) is 0 Å². The number of likely N-dealkylation sites (N-methyl/N-ethyl adjacent to an activating group) is 1. The van der Waals surface area contributed by atoms with E-state index in [-0.39, 0.29) is 0 Å². The van der Waals surface area contributed by atoms with Crippen LogP contribution in [0.4, 0.5) is 5.69 Å². The number of hydrogen-bond donors (Lipinski definition) is 1. The van der Waals surface area contributed by atoms with Crippen LogP contribution >= 0.6 is 11.3 Å². The Morgan fingerprint density at radius 1 is 1.20 bits per heavy atom. The van der Waals surface area contributed by atoms with Crippen molar-refractivity contribution in [3.8, 4) is 10.4 Å². The summed E-state index contributed by atoms with van der Waals surface area (Å²) in [7, 11) is 2.18. The van der Waals surface area contributed by atoms with E-state index in [1.165, 1.54) is 32.1 Å². The van der Waals surface area contributed by atoms with E-state index in [2.05, 4.69) is 66.1 Å². The van der Waals surface area contributed by atoms with Gasteiger partial charge in [-0.1, -0.05) is 30.9 Å². The normalized spacial score (nSPS) is 18.2. The molecule has 2 aliphatic heterocycles. The highest BCUT2D eigenvalue weighted by atomic mass is 32.1. The van der Waals surface area contributed by atoms with Crippen LogP contribution in [0.25, 0.3) is 10.4 Å². The maximum absolute atomic E-state index is 4.67. The highest BCUT2D eigenvalue weighted by molar-refractivity contribution is 7.18. The number of amidine groups is 1. The van der Waals surface area contributed by atoms with Gasteiger partial charge in [0.1, 0.15) is 5.84 Å². The number of rotatable bonds is 1. The van der Waals surface area contributed by atoms with Crippen LogP contribution in [0.3, 0.4) is 0 Å².